The van der Waals surface area contributed by atoms with Gasteiger partial charge in [0.2, 0.25) is 0 Å². The van der Waals surface area contributed by atoms with Crippen molar-refractivity contribution in [2.24, 2.45) is 0 Å². The molecule has 1 atom stereocenters. The van der Waals surface area contributed by atoms with Crippen molar-refractivity contribution in [3.63, 3.8) is 0 Å². The first-order valence-corrected chi connectivity index (χ1v) is 8.24. The Morgan fingerprint density at radius 1 is 1.11 bits per heavy atom. The number of unbranched alkanes of at least 4 members (excludes halogenated alkanes) is 1. The molecule has 19 heavy (non-hydrogen) atoms. The van der Waals surface area contributed by atoms with Gasteiger partial charge in [0, 0.05) is 11.6 Å². The van der Waals surface area contributed by atoms with Crippen molar-refractivity contribution in [3.8, 4) is 0 Å². The minimum absolute atomic E-state index is 0.0541. The highest BCUT2D eigenvalue weighted by atomic mass is 16.3. The smallest absolute Gasteiger partial charge is 0.0610 e. The van der Waals surface area contributed by atoms with Crippen molar-refractivity contribution in [3.05, 3.63) is 0 Å². The van der Waals surface area contributed by atoms with Crippen LogP contribution in [0.3, 0.4) is 0 Å². The standard InChI is InChI=1S/C16H34N2O/c1-4-11-18(12-5-2)13-7-6-10-16(3,14-19)17-15-8-9-15/h15,17,19H,4-14H2,1-3H3. The molecule has 0 aromatic rings. The third-order valence-corrected chi connectivity index (χ3v) is 4.01. The van der Waals surface area contributed by atoms with Crippen LogP contribution < -0.4 is 5.32 Å². The second kappa shape index (κ2) is 8.93. The normalized spacial score (nSPS) is 18.8. The molecule has 1 aliphatic rings. The molecule has 1 unspecified atom stereocenters. The monoisotopic (exact) mass is 270 g/mol. The molecule has 0 radical (unpaired) electrons. The van der Waals surface area contributed by atoms with Gasteiger partial charge in [-0.25, -0.2) is 0 Å². The Labute approximate surface area is 119 Å². The summed E-state index contributed by atoms with van der Waals surface area (Å²) in [5, 5.41) is 13.2. The molecule has 1 fully saturated rings. The van der Waals surface area contributed by atoms with Crippen LogP contribution in [0.1, 0.15) is 65.7 Å². The lowest BCUT2D eigenvalue weighted by Gasteiger charge is -2.29. The Balaban J connectivity index is 2.15. The molecule has 0 aliphatic heterocycles. The maximum atomic E-state index is 9.57. The fourth-order valence-corrected chi connectivity index (χ4v) is 2.74. The lowest BCUT2D eigenvalue weighted by molar-refractivity contribution is 0.158. The summed E-state index contributed by atoms with van der Waals surface area (Å²) in [6.45, 7) is 10.6. The van der Waals surface area contributed by atoms with E-state index in [1.54, 1.807) is 0 Å². The predicted molar refractivity (Wildman–Crippen MR) is 82.5 cm³/mol. The van der Waals surface area contributed by atoms with Crippen LogP contribution in [0.5, 0.6) is 0 Å². The summed E-state index contributed by atoms with van der Waals surface area (Å²) in [7, 11) is 0. The highest BCUT2D eigenvalue weighted by Crippen LogP contribution is 2.24. The number of nitrogens with one attached hydrogen (secondary N) is 1. The number of hydrogen-bond donors (Lipinski definition) is 2. The predicted octanol–water partition coefficient (Wildman–Crippen LogP) is 2.78. The number of hydrogen-bond acceptors (Lipinski definition) is 3. The van der Waals surface area contributed by atoms with Gasteiger partial charge in [0.1, 0.15) is 0 Å². The van der Waals surface area contributed by atoms with E-state index in [0.717, 1.165) is 6.42 Å². The molecule has 1 rings (SSSR count). The number of nitrogens with zero attached hydrogens (tertiary/aromatic N) is 1. The minimum Gasteiger partial charge on any atom is -0.394 e. The van der Waals surface area contributed by atoms with E-state index < -0.39 is 0 Å². The van der Waals surface area contributed by atoms with E-state index in [-0.39, 0.29) is 12.1 Å². The van der Waals surface area contributed by atoms with E-state index in [2.05, 4.69) is 31.0 Å². The molecule has 114 valence electrons. The Bertz CT molecular complexity index is 225. The van der Waals surface area contributed by atoms with E-state index in [9.17, 15) is 5.11 Å². The molecule has 0 spiro atoms. The lowest BCUT2D eigenvalue weighted by Crippen LogP contribution is -2.47. The molecule has 1 saturated carbocycles. The zero-order valence-electron chi connectivity index (χ0n) is 13.2. The zero-order chi connectivity index (χ0) is 14.1. The molecular formula is C16H34N2O. The molecule has 0 saturated heterocycles. The topological polar surface area (TPSA) is 35.5 Å². The van der Waals surface area contributed by atoms with Crippen molar-refractivity contribution in [2.45, 2.75) is 77.3 Å². The van der Waals surface area contributed by atoms with Gasteiger partial charge in [-0.3, -0.25) is 0 Å². The van der Waals surface area contributed by atoms with Crippen LogP contribution in [-0.2, 0) is 0 Å². The zero-order valence-corrected chi connectivity index (χ0v) is 13.2. The van der Waals surface area contributed by atoms with Crippen LogP contribution in [0.25, 0.3) is 0 Å². The Morgan fingerprint density at radius 2 is 1.74 bits per heavy atom. The van der Waals surface area contributed by atoms with Crippen LogP contribution in [0.15, 0.2) is 0 Å². The maximum absolute atomic E-state index is 9.57. The highest BCUT2D eigenvalue weighted by molar-refractivity contribution is 4.92. The first-order valence-electron chi connectivity index (χ1n) is 8.24. The van der Waals surface area contributed by atoms with E-state index >= 15 is 0 Å². The van der Waals surface area contributed by atoms with Gasteiger partial charge in [-0.1, -0.05) is 20.3 Å². The molecule has 0 heterocycles. The van der Waals surface area contributed by atoms with E-state index in [4.69, 9.17) is 0 Å². The third-order valence-electron chi connectivity index (χ3n) is 4.01. The summed E-state index contributed by atoms with van der Waals surface area (Å²) in [5.41, 5.74) is -0.0541. The van der Waals surface area contributed by atoms with Crippen molar-refractivity contribution < 1.29 is 5.11 Å². The largest absolute Gasteiger partial charge is 0.394 e. The van der Waals surface area contributed by atoms with Crippen LogP contribution >= 0.6 is 0 Å². The third kappa shape index (κ3) is 7.28. The van der Waals surface area contributed by atoms with E-state index in [1.165, 1.54) is 58.2 Å². The van der Waals surface area contributed by atoms with Gasteiger partial charge in [0.25, 0.3) is 0 Å². The minimum atomic E-state index is -0.0541. The van der Waals surface area contributed by atoms with Crippen molar-refractivity contribution in [1.29, 1.82) is 0 Å². The summed E-state index contributed by atoms with van der Waals surface area (Å²) in [6, 6.07) is 0.675. The quantitative estimate of drug-likeness (QED) is 0.535. The van der Waals surface area contributed by atoms with Crippen LogP contribution in [-0.4, -0.2) is 47.8 Å². The molecule has 0 aromatic carbocycles. The van der Waals surface area contributed by atoms with Gasteiger partial charge in [0.05, 0.1) is 6.61 Å². The van der Waals surface area contributed by atoms with Gasteiger partial charge < -0.3 is 15.3 Å². The van der Waals surface area contributed by atoms with Gasteiger partial charge in [-0.15, -0.1) is 0 Å². The summed E-state index contributed by atoms with van der Waals surface area (Å²) < 4.78 is 0. The van der Waals surface area contributed by atoms with Crippen LogP contribution in [0.4, 0.5) is 0 Å². The van der Waals surface area contributed by atoms with Crippen LogP contribution in [0, 0.1) is 0 Å². The average molecular weight is 270 g/mol. The second-order valence-electron chi connectivity index (χ2n) is 6.44. The van der Waals surface area contributed by atoms with Gasteiger partial charge in [-0.2, -0.15) is 0 Å². The molecule has 0 bridgehead atoms. The Morgan fingerprint density at radius 3 is 2.21 bits per heavy atom. The van der Waals surface area contributed by atoms with Crippen LogP contribution in [0.2, 0.25) is 0 Å². The molecule has 0 amide bonds. The Hall–Kier alpha value is -0.120. The SMILES string of the molecule is CCCN(CCC)CCCCC(C)(CO)NC1CC1. The van der Waals surface area contributed by atoms with Crippen molar-refractivity contribution in [1.82, 2.24) is 10.2 Å². The Kier molecular flexibility index (Phi) is 7.96. The maximum Gasteiger partial charge on any atom is 0.0610 e. The second-order valence-corrected chi connectivity index (χ2v) is 6.44. The number of rotatable bonds is 12. The van der Waals surface area contributed by atoms with Gasteiger partial charge in [-0.05, 0) is 65.1 Å². The molecular weight excluding hydrogens is 236 g/mol. The highest BCUT2D eigenvalue weighted by Gasteiger charge is 2.31. The van der Waals surface area contributed by atoms with E-state index in [1.807, 2.05) is 0 Å². The average Bonchev–Trinajstić information content (AvgIpc) is 3.19. The van der Waals surface area contributed by atoms with Gasteiger partial charge in [0.15, 0.2) is 0 Å². The molecule has 3 heteroatoms. The first kappa shape index (κ1) is 16.9. The fraction of sp³-hybridized carbons (Fsp3) is 1.00. The van der Waals surface area contributed by atoms with Crippen molar-refractivity contribution in [2.75, 3.05) is 26.2 Å². The van der Waals surface area contributed by atoms with Crippen molar-refractivity contribution >= 4 is 0 Å². The summed E-state index contributed by atoms with van der Waals surface area (Å²) in [6.07, 6.45) is 8.62. The molecule has 0 aromatic heterocycles. The fourth-order valence-electron chi connectivity index (χ4n) is 2.74. The molecule has 3 nitrogen and oxygen atoms in total. The summed E-state index contributed by atoms with van der Waals surface area (Å²) in [4.78, 5) is 2.57. The number of aliphatic hydroxyl groups is 1. The van der Waals surface area contributed by atoms with E-state index in [0.29, 0.717) is 6.04 Å². The molecule has 2 N–H and O–H groups in total. The summed E-state index contributed by atoms with van der Waals surface area (Å²) >= 11 is 0. The number of aliphatic hydroxyl groups excluding tert-OH is 1. The first-order chi connectivity index (χ1) is 9.13. The lowest BCUT2D eigenvalue weighted by atomic mass is 9.95. The summed E-state index contributed by atoms with van der Waals surface area (Å²) in [5.74, 6) is 0. The van der Waals surface area contributed by atoms with Gasteiger partial charge >= 0.3 is 0 Å². The molecule has 1 aliphatic carbocycles.